The van der Waals surface area contributed by atoms with Crippen molar-refractivity contribution in [3.63, 3.8) is 0 Å². The summed E-state index contributed by atoms with van der Waals surface area (Å²) >= 11 is 5.48. The average Bonchev–Trinajstić information content (AvgIpc) is 1.97. The molecule has 0 amide bonds. The van der Waals surface area contributed by atoms with E-state index in [0.717, 1.165) is 0 Å². The van der Waals surface area contributed by atoms with Gasteiger partial charge in [-0.05, 0) is 6.92 Å². The van der Waals surface area contributed by atoms with E-state index < -0.39 is 30.0 Å². The molecule has 1 unspecified atom stereocenters. The molecule has 0 aromatic rings. The summed E-state index contributed by atoms with van der Waals surface area (Å²) in [5, 5.41) is 27.3. The SMILES string of the molecule is C[C@H]1OC(Cl)[C@H](O)[C@@H](O)[C@@H]1O. The Bertz CT molecular complexity index is 129. The number of aliphatic hydroxyl groups is 3. The van der Waals surface area contributed by atoms with Gasteiger partial charge < -0.3 is 20.1 Å². The molecule has 5 heteroatoms. The largest absolute Gasteiger partial charge is 0.388 e. The number of hydrogen-bond acceptors (Lipinski definition) is 4. The predicted molar refractivity (Wildman–Crippen MR) is 38.2 cm³/mol. The molecule has 4 nitrogen and oxygen atoms in total. The fraction of sp³-hybridized carbons (Fsp3) is 1.00. The van der Waals surface area contributed by atoms with Gasteiger partial charge in [-0.3, -0.25) is 0 Å². The van der Waals surface area contributed by atoms with Crippen LogP contribution in [-0.4, -0.2) is 45.3 Å². The summed E-state index contributed by atoms with van der Waals surface area (Å²) in [6.07, 6.45) is -4.06. The van der Waals surface area contributed by atoms with Gasteiger partial charge >= 0.3 is 0 Å². The number of aliphatic hydroxyl groups excluding tert-OH is 3. The van der Waals surface area contributed by atoms with Gasteiger partial charge in [0.2, 0.25) is 0 Å². The van der Waals surface area contributed by atoms with Crippen molar-refractivity contribution in [2.45, 2.75) is 36.9 Å². The van der Waals surface area contributed by atoms with Crippen LogP contribution in [0.3, 0.4) is 0 Å². The summed E-state index contributed by atoms with van der Waals surface area (Å²) in [6.45, 7) is 1.58. The quantitative estimate of drug-likeness (QED) is 0.423. The van der Waals surface area contributed by atoms with Gasteiger partial charge in [0, 0.05) is 0 Å². The summed E-state index contributed by atoms with van der Waals surface area (Å²) < 4.78 is 4.89. The average molecular weight is 183 g/mol. The maximum atomic E-state index is 9.14. The minimum Gasteiger partial charge on any atom is -0.388 e. The number of halogens is 1. The Hall–Kier alpha value is 0.130. The molecule has 0 bridgehead atoms. The van der Waals surface area contributed by atoms with Crippen LogP contribution < -0.4 is 0 Å². The van der Waals surface area contributed by atoms with Gasteiger partial charge in [-0.25, -0.2) is 0 Å². The first kappa shape index (κ1) is 9.22. The van der Waals surface area contributed by atoms with E-state index in [1.165, 1.54) is 0 Å². The third-order valence-corrected chi connectivity index (χ3v) is 2.15. The van der Waals surface area contributed by atoms with Crippen molar-refractivity contribution < 1.29 is 20.1 Å². The Labute approximate surface area is 69.4 Å². The summed E-state index contributed by atoms with van der Waals surface area (Å²) in [5.74, 6) is 0. The maximum absolute atomic E-state index is 9.14. The second-order valence-corrected chi connectivity index (χ2v) is 3.09. The van der Waals surface area contributed by atoms with Crippen LogP contribution in [0.15, 0.2) is 0 Å². The molecule has 1 rings (SSSR count). The molecule has 1 saturated heterocycles. The van der Waals surface area contributed by atoms with Crippen LogP contribution in [0.25, 0.3) is 0 Å². The molecule has 1 aliphatic heterocycles. The molecule has 0 spiro atoms. The van der Waals surface area contributed by atoms with E-state index in [-0.39, 0.29) is 0 Å². The second-order valence-electron chi connectivity index (χ2n) is 2.66. The Morgan fingerprint density at radius 1 is 1.09 bits per heavy atom. The highest BCUT2D eigenvalue weighted by Gasteiger charge is 2.40. The zero-order valence-corrected chi connectivity index (χ0v) is 6.77. The zero-order valence-electron chi connectivity index (χ0n) is 6.01. The first-order chi connectivity index (χ1) is 5.04. The first-order valence-corrected chi connectivity index (χ1v) is 3.81. The van der Waals surface area contributed by atoms with Gasteiger partial charge in [0.05, 0.1) is 6.10 Å². The van der Waals surface area contributed by atoms with E-state index >= 15 is 0 Å². The molecule has 0 aliphatic carbocycles. The van der Waals surface area contributed by atoms with Gasteiger partial charge in [0.1, 0.15) is 18.3 Å². The Balaban J connectivity index is 2.63. The molecule has 0 radical (unpaired) electrons. The Kier molecular flexibility index (Phi) is 2.72. The molecule has 1 heterocycles. The van der Waals surface area contributed by atoms with Crippen LogP contribution in [0.5, 0.6) is 0 Å². The highest BCUT2D eigenvalue weighted by Crippen LogP contribution is 2.22. The van der Waals surface area contributed by atoms with E-state index in [1.54, 1.807) is 6.92 Å². The number of hydrogen-bond donors (Lipinski definition) is 3. The van der Waals surface area contributed by atoms with Gasteiger partial charge in [-0.1, -0.05) is 11.6 Å². The highest BCUT2D eigenvalue weighted by atomic mass is 35.5. The zero-order chi connectivity index (χ0) is 8.59. The Morgan fingerprint density at radius 3 is 2.18 bits per heavy atom. The molecule has 0 saturated carbocycles. The van der Waals surface area contributed by atoms with Crippen LogP contribution in [-0.2, 0) is 4.74 Å². The summed E-state index contributed by atoms with van der Waals surface area (Å²) in [7, 11) is 0. The van der Waals surface area contributed by atoms with Crippen LogP contribution in [0.2, 0.25) is 0 Å². The topological polar surface area (TPSA) is 69.9 Å². The lowest BCUT2D eigenvalue weighted by Crippen LogP contribution is -2.54. The van der Waals surface area contributed by atoms with Crippen molar-refractivity contribution in [2.24, 2.45) is 0 Å². The number of ether oxygens (including phenoxy) is 1. The summed E-state index contributed by atoms with van der Waals surface area (Å²) in [6, 6.07) is 0. The van der Waals surface area contributed by atoms with Crippen molar-refractivity contribution >= 4 is 11.6 Å². The molecule has 5 atom stereocenters. The highest BCUT2D eigenvalue weighted by molar-refractivity contribution is 6.20. The van der Waals surface area contributed by atoms with E-state index in [0.29, 0.717) is 0 Å². The lowest BCUT2D eigenvalue weighted by Gasteiger charge is -2.36. The van der Waals surface area contributed by atoms with Crippen molar-refractivity contribution in [1.29, 1.82) is 0 Å². The van der Waals surface area contributed by atoms with Crippen molar-refractivity contribution in [2.75, 3.05) is 0 Å². The fourth-order valence-corrected chi connectivity index (χ4v) is 1.31. The lowest BCUT2D eigenvalue weighted by atomic mass is 10.0. The summed E-state index contributed by atoms with van der Waals surface area (Å²) in [5.41, 5.74) is -0.941. The second kappa shape index (κ2) is 3.25. The van der Waals surface area contributed by atoms with Crippen molar-refractivity contribution in [1.82, 2.24) is 0 Å². The molecule has 66 valence electrons. The maximum Gasteiger partial charge on any atom is 0.160 e. The van der Waals surface area contributed by atoms with E-state index in [9.17, 15) is 0 Å². The molecule has 0 aromatic heterocycles. The first-order valence-electron chi connectivity index (χ1n) is 3.37. The summed E-state index contributed by atoms with van der Waals surface area (Å²) in [4.78, 5) is 0. The third kappa shape index (κ3) is 1.65. The standard InChI is InChI=1S/C6H11ClO4/c1-2-3(8)4(9)5(10)6(7)11-2/h2-6,8-10H,1H3/t2-,3-,4+,5-,6?/m1/s1. The van der Waals surface area contributed by atoms with E-state index in [2.05, 4.69) is 0 Å². The third-order valence-electron chi connectivity index (χ3n) is 1.79. The van der Waals surface area contributed by atoms with Crippen LogP contribution >= 0.6 is 11.6 Å². The fourth-order valence-electron chi connectivity index (χ4n) is 1.00. The van der Waals surface area contributed by atoms with Crippen molar-refractivity contribution in [3.05, 3.63) is 0 Å². The minimum absolute atomic E-state index is 0.545. The van der Waals surface area contributed by atoms with E-state index in [4.69, 9.17) is 31.7 Å². The number of rotatable bonds is 0. The van der Waals surface area contributed by atoms with Crippen molar-refractivity contribution in [3.8, 4) is 0 Å². The van der Waals surface area contributed by atoms with Gasteiger partial charge in [-0.15, -0.1) is 0 Å². The monoisotopic (exact) mass is 182 g/mol. The molecule has 1 aliphatic rings. The van der Waals surface area contributed by atoms with Gasteiger partial charge in [0.25, 0.3) is 0 Å². The molecular weight excluding hydrogens is 172 g/mol. The predicted octanol–water partition coefficient (Wildman–Crippen LogP) is -0.947. The van der Waals surface area contributed by atoms with Crippen LogP contribution in [0.4, 0.5) is 0 Å². The smallest absolute Gasteiger partial charge is 0.160 e. The van der Waals surface area contributed by atoms with Gasteiger partial charge in [0.15, 0.2) is 5.56 Å². The number of alkyl halides is 1. The Morgan fingerprint density at radius 2 is 1.64 bits per heavy atom. The molecular formula is C6H11ClO4. The molecule has 0 aromatic carbocycles. The molecule has 11 heavy (non-hydrogen) atoms. The lowest BCUT2D eigenvalue weighted by molar-refractivity contribution is -0.194. The van der Waals surface area contributed by atoms with E-state index in [1.807, 2.05) is 0 Å². The van der Waals surface area contributed by atoms with Crippen LogP contribution in [0.1, 0.15) is 6.92 Å². The van der Waals surface area contributed by atoms with Crippen LogP contribution in [0, 0.1) is 0 Å². The molecule has 1 fully saturated rings. The normalized spacial score (nSPS) is 52.6. The van der Waals surface area contributed by atoms with Gasteiger partial charge in [-0.2, -0.15) is 0 Å². The molecule has 3 N–H and O–H groups in total. The minimum atomic E-state index is -1.22.